The molecule has 0 amide bonds. The standard InChI is InChI=1S/C65H98O12/c1-4-7-10-13-16-19-22-25-28-29-32-33-36-39-42-45-48-51-57(66)73-54-56(75-58(67)52-49-46-43-40-37-34-30-26-23-20-17-14-11-8-5-2)55-74-65-63(61(70)60(69)62(77-65)64(71)72)76-59(68)53-50-47-44-41-38-35-31-27-24-21-18-15-12-9-6-3/h7-12,16-21,25-28,30-33,37,39-40,42,56,60-63,65,69-70H,4-6,13-15,22-24,29,34-36,38,41,43-55H2,1-3H3,(H,71,72)/b10-7-,11-8-,12-9-,19-16-,20-17-,21-18-,28-25-,30-26-,31-27-,33-32-,40-37-,42-39-. The van der Waals surface area contributed by atoms with Crippen LogP contribution in [0.4, 0.5) is 0 Å². The van der Waals surface area contributed by atoms with Crippen molar-refractivity contribution in [2.24, 2.45) is 0 Å². The molecule has 1 aliphatic rings. The first-order valence-corrected chi connectivity index (χ1v) is 28.8. The molecule has 3 N–H and O–H groups in total. The monoisotopic (exact) mass is 1070 g/mol. The second kappa shape index (κ2) is 51.4. The average Bonchev–Trinajstić information content (AvgIpc) is 3.42. The van der Waals surface area contributed by atoms with E-state index in [9.17, 15) is 34.5 Å². The molecule has 1 rings (SSSR count). The van der Waals surface area contributed by atoms with Crippen LogP contribution < -0.4 is 0 Å². The van der Waals surface area contributed by atoms with E-state index in [1.165, 1.54) is 0 Å². The number of carbonyl (C=O) groups excluding carboxylic acids is 3. The molecule has 0 saturated carbocycles. The fraction of sp³-hybridized carbons (Fsp3) is 0.569. The van der Waals surface area contributed by atoms with Crippen molar-refractivity contribution in [1.29, 1.82) is 0 Å². The lowest BCUT2D eigenvalue weighted by molar-refractivity contribution is -0.301. The van der Waals surface area contributed by atoms with E-state index in [0.29, 0.717) is 25.7 Å². The minimum Gasteiger partial charge on any atom is -0.479 e. The van der Waals surface area contributed by atoms with Crippen LogP contribution in [0.3, 0.4) is 0 Å². The molecule has 12 nitrogen and oxygen atoms in total. The molecule has 0 spiro atoms. The maximum atomic E-state index is 13.1. The highest BCUT2D eigenvalue weighted by molar-refractivity contribution is 5.74. The molecule has 1 fully saturated rings. The number of ether oxygens (including phenoxy) is 5. The fourth-order valence-corrected chi connectivity index (χ4v) is 7.58. The Hall–Kier alpha value is -5.40. The Balaban J connectivity index is 2.79. The highest BCUT2D eigenvalue weighted by Crippen LogP contribution is 2.26. The lowest BCUT2D eigenvalue weighted by Crippen LogP contribution is -2.61. The normalized spacial score (nSPS) is 19.1. The molecule has 12 heteroatoms. The summed E-state index contributed by atoms with van der Waals surface area (Å²) in [5, 5.41) is 31.5. The summed E-state index contributed by atoms with van der Waals surface area (Å²) in [5.41, 5.74) is 0. The van der Waals surface area contributed by atoms with Crippen LogP contribution in [0.25, 0.3) is 0 Å². The third kappa shape index (κ3) is 41.4. The van der Waals surface area contributed by atoms with Gasteiger partial charge in [0.2, 0.25) is 0 Å². The second-order valence-electron chi connectivity index (χ2n) is 18.8. The van der Waals surface area contributed by atoms with E-state index in [-0.39, 0.29) is 25.9 Å². The van der Waals surface area contributed by atoms with Crippen LogP contribution in [0.1, 0.15) is 188 Å². The van der Waals surface area contributed by atoms with Crippen molar-refractivity contribution < 1.29 is 58.2 Å². The van der Waals surface area contributed by atoms with Gasteiger partial charge in [0.05, 0.1) is 6.61 Å². The molecule has 1 heterocycles. The Kier molecular flexibility index (Phi) is 46.4. The Morgan fingerprint density at radius 3 is 1.25 bits per heavy atom. The summed E-state index contributed by atoms with van der Waals surface area (Å²) >= 11 is 0. The molecule has 0 aromatic heterocycles. The molecule has 0 aliphatic carbocycles. The number of hydrogen-bond acceptors (Lipinski definition) is 11. The van der Waals surface area contributed by atoms with Crippen molar-refractivity contribution in [2.75, 3.05) is 13.2 Å². The van der Waals surface area contributed by atoms with E-state index in [2.05, 4.69) is 154 Å². The Bertz CT molecular complexity index is 1890. The third-order valence-corrected chi connectivity index (χ3v) is 11.9. The summed E-state index contributed by atoms with van der Waals surface area (Å²) in [6.07, 6.45) is 61.1. The smallest absolute Gasteiger partial charge is 0.335 e. The van der Waals surface area contributed by atoms with Gasteiger partial charge in [0.1, 0.15) is 18.8 Å². The summed E-state index contributed by atoms with van der Waals surface area (Å²) in [6.45, 7) is 5.53. The van der Waals surface area contributed by atoms with Gasteiger partial charge in [-0.05, 0) is 128 Å². The van der Waals surface area contributed by atoms with Crippen molar-refractivity contribution in [3.63, 3.8) is 0 Å². The number of aliphatic hydroxyl groups is 2. The highest BCUT2D eigenvalue weighted by Gasteiger charge is 2.50. The quantitative estimate of drug-likeness (QED) is 0.0228. The molecule has 6 atom stereocenters. The molecule has 430 valence electrons. The number of hydrogen-bond donors (Lipinski definition) is 3. The van der Waals surface area contributed by atoms with Crippen LogP contribution in [0.2, 0.25) is 0 Å². The third-order valence-electron chi connectivity index (χ3n) is 11.9. The lowest BCUT2D eigenvalue weighted by Gasteiger charge is -2.40. The zero-order valence-corrected chi connectivity index (χ0v) is 47.1. The number of carboxylic acids is 1. The minimum atomic E-state index is -1.93. The Morgan fingerprint density at radius 1 is 0.429 bits per heavy atom. The summed E-state index contributed by atoms with van der Waals surface area (Å²) in [7, 11) is 0. The average molecular weight is 1070 g/mol. The van der Waals surface area contributed by atoms with Crippen LogP contribution in [0.15, 0.2) is 146 Å². The number of esters is 3. The molecule has 0 aromatic rings. The molecule has 1 saturated heterocycles. The summed E-state index contributed by atoms with van der Waals surface area (Å²) in [4.78, 5) is 51.1. The number of rotatable bonds is 46. The van der Waals surface area contributed by atoms with Gasteiger partial charge in [-0.3, -0.25) is 14.4 Å². The summed E-state index contributed by atoms with van der Waals surface area (Å²) < 4.78 is 28.3. The van der Waals surface area contributed by atoms with Gasteiger partial charge in [0.15, 0.2) is 24.6 Å². The van der Waals surface area contributed by atoms with Crippen LogP contribution >= 0.6 is 0 Å². The first-order chi connectivity index (χ1) is 37.6. The molecule has 0 radical (unpaired) electrons. The lowest BCUT2D eigenvalue weighted by atomic mass is 9.98. The van der Waals surface area contributed by atoms with Gasteiger partial charge >= 0.3 is 23.9 Å². The summed E-state index contributed by atoms with van der Waals surface area (Å²) in [6, 6.07) is 0. The number of carbonyl (C=O) groups is 4. The second-order valence-corrected chi connectivity index (χ2v) is 18.8. The van der Waals surface area contributed by atoms with Gasteiger partial charge in [-0.1, -0.05) is 186 Å². The van der Waals surface area contributed by atoms with Gasteiger partial charge in [-0.2, -0.15) is 0 Å². The first-order valence-electron chi connectivity index (χ1n) is 28.8. The van der Waals surface area contributed by atoms with Crippen LogP contribution in [-0.4, -0.2) is 89.2 Å². The fourth-order valence-electron chi connectivity index (χ4n) is 7.58. The molecule has 77 heavy (non-hydrogen) atoms. The number of aliphatic hydroxyl groups excluding tert-OH is 2. The van der Waals surface area contributed by atoms with E-state index in [4.69, 9.17) is 23.7 Å². The van der Waals surface area contributed by atoms with Gasteiger partial charge in [-0.15, -0.1) is 0 Å². The van der Waals surface area contributed by atoms with Crippen LogP contribution in [0, 0.1) is 0 Å². The topological polar surface area (TPSA) is 175 Å². The number of allylic oxidation sites excluding steroid dienone is 24. The van der Waals surface area contributed by atoms with Crippen LogP contribution in [0.5, 0.6) is 0 Å². The zero-order chi connectivity index (χ0) is 56.1. The van der Waals surface area contributed by atoms with Gasteiger partial charge in [-0.25, -0.2) is 4.79 Å². The Morgan fingerprint density at radius 2 is 0.792 bits per heavy atom. The maximum absolute atomic E-state index is 13.1. The van der Waals surface area contributed by atoms with E-state index in [0.717, 1.165) is 122 Å². The van der Waals surface area contributed by atoms with Gasteiger partial charge < -0.3 is 39.0 Å². The molecular formula is C65H98O12. The van der Waals surface area contributed by atoms with E-state index >= 15 is 0 Å². The first kappa shape index (κ1) is 69.6. The predicted octanol–water partition coefficient (Wildman–Crippen LogP) is 14.8. The van der Waals surface area contributed by atoms with Crippen LogP contribution in [-0.2, 0) is 42.9 Å². The Labute approximate surface area is 463 Å². The maximum Gasteiger partial charge on any atom is 0.335 e. The molecule has 1 aliphatic heterocycles. The summed E-state index contributed by atoms with van der Waals surface area (Å²) in [5.74, 6) is -3.31. The molecule has 0 aromatic carbocycles. The van der Waals surface area contributed by atoms with Crippen molar-refractivity contribution in [1.82, 2.24) is 0 Å². The van der Waals surface area contributed by atoms with Gasteiger partial charge in [0, 0.05) is 19.3 Å². The number of unbranched alkanes of at least 4 members (excludes halogenated alkanes) is 8. The van der Waals surface area contributed by atoms with Crippen molar-refractivity contribution in [2.45, 2.75) is 225 Å². The predicted molar refractivity (Wildman–Crippen MR) is 312 cm³/mol. The molecule has 6 unspecified atom stereocenters. The highest BCUT2D eigenvalue weighted by atomic mass is 16.7. The number of carboxylic acid groups (broad SMARTS) is 1. The molecule has 0 bridgehead atoms. The van der Waals surface area contributed by atoms with Crippen molar-refractivity contribution in [3.05, 3.63) is 146 Å². The zero-order valence-electron chi connectivity index (χ0n) is 47.1. The van der Waals surface area contributed by atoms with Gasteiger partial charge in [0.25, 0.3) is 0 Å². The molecular weight excluding hydrogens is 973 g/mol. The SMILES string of the molecule is CC/C=C\C/C=C\C/C=C\C/C=C\C/C=C\CCCC(=O)OCC(COC1OC(C(=O)O)C(O)C(O)C1OC(=O)CCCCCCC/C=C\C/C=C\C/C=C\CC)OC(=O)CCCC/C=C\C/C=C\C/C=C\C/C=C\CC. The van der Waals surface area contributed by atoms with E-state index in [1.807, 2.05) is 12.2 Å². The van der Waals surface area contributed by atoms with Crippen molar-refractivity contribution >= 4 is 23.9 Å². The number of aliphatic carboxylic acids is 1. The van der Waals surface area contributed by atoms with E-state index in [1.54, 1.807) is 0 Å². The minimum absolute atomic E-state index is 0.0215. The largest absolute Gasteiger partial charge is 0.479 e. The van der Waals surface area contributed by atoms with E-state index < -0.39 is 67.3 Å². The van der Waals surface area contributed by atoms with Crippen molar-refractivity contribution in [3.8, 4) is 0 Å².